The van der Waals surface area contributed by atoms with Crippen LogP contribution in [-0.2, 0) is 16.2 Å². The Morgan fingerprint density at radius 2 is 0.805 bits per heavy atom. The van der Waals surface area contributed by atoms with Crippen molar-refractivity contribution in [3.05, 3.63) is 324 Å². The number of anilines is 8. The Morgan fingerprint density at radius 1 is 0.390 bits per heavy atom. The van der Waals surface area contributed by atoms with Crippen LogP contribution in [0.5, 0.6) is 0 Å². The van der Waals surface area contributed by atoms with E-state index in [-0.39, 0.29) is 10.8 Å². The Balaban J connectivity index is 0.967. The van der Waals surface area contributed by atoms with Gasteiger partial charge in [0.2, 0.25) is 0 Å². The van der Waals surface area contributed by atoms with Gasteiger partial charge in [-0.1, -0.05) is 210 Å². The van der Waals surface area contributed by atoms with Crippen LogP contribution >= 0.6 is 0 Å². The van der Waals surface area contributed by atoms with Crippen LogP contribution in [0.4, 0.5) is 45.5 Å². The van der Waals surface area contributed by atoms with E-state index in [0.29, 0.717) is 0 Å². The van der Waals surface area contributed by atoms with E-state index >= 15 is 0 Å². The lowest BCUT2D eigenvalue weighted by Gasteiger charge is -2.46. The molecule has 372 valence electrons. The molecule has 0 saturated carbocycles. The lowest BCUT2D eigenvalue weighted by atomic mass is 9.62. The second kappa shape index (κ2) is 18.6. The summed E-state index contributed by atoms with van der Waals surface area (Å²) >= 11 is 0. The van der Waals surface area contributed by atoms with Gasteiger partial charge in [0.1, 0.15) is 0 Å². The molecule has 0 unspecified atom stereocenters. The molecule has 3 nitrogen and oxygen atoms in total. The molecule has 0 atom stereocenters. The topological polar surface area (TPSA) is 9.72 Å². The van der Waals surface area contributed by atoms with Gasteiger partial charge in [0.15, 0.2) is 0 Å². The van der Waals surface area contributed by atoms with Gasteiger partial charge < -0.3 is 14.7 Å². The monoisotopic (exact) mass is 991 g/mol. The van der Waals surface area contributed by atoms with Gasteiger partial charge in [0.25, 0.3) is 0 Å². The number of allylic oxidation sites excluding steroid dienone is 4. The standard InChI is InChI=1S/C74H61N3/c1-7-53(75(54-25-11-8-12-26-54)58-45-47-62-60-31-17-19-33-64(60)72(3,4)68(62)49-58)42-39-51(2)74(66-35-21-23-37-70(66)77(56-29-15-10-16-30-56)71-38-24-22-36-67(71)74)52-40-43-57(44-41-52)76(55-27-13-9-14-28-55)59-46-48-63-61-32-18-20-34-65(61)73(5,6)69(63)50-59/h7-50H,2H2,1,3-6H3/b42-39-,53-7+. The van der Waals surface area contributed by atoms with Crippen LogP contribution in [-0.4, -0.2) is 0 Å². The van der Waals surface area contributed by atoms with Crippen LogP contribution in [0.2, 0.25) is 0 Å². The van der Waals surface area contributed by atoms with Gasteiger partial charge >= 0.3 is 0 Å². The zero-order valence-electron chi connectivity index (χ0n) is 44.5. The predicted octanol–water partition coefficient (Wildman–Crippen LogP) is 19.7. The molecule has 10 aromatic rings. The molecule has 1 heterocycles. The van der Waals surface area contributed by atoms with Crippen LogP contribution in [0.15, 0.2) is 285 Å². The summed E-state index contributed by atoms with van der Waals surface area (Å²) < 4.78 is 0. The van der Waals surface area contributed by atoms with Crippen LogP contribution in [0.1, 0.15) is 73.6 Å². The van der Waals surface area contributed by atoms with Crippen molar-refractivity contribution in [2.24, 2.45) is 0 Å². The highest BCUT2D eigenvalue weighted by Crippen LogP contribution is 2.59. The highest BCUT2D eigenvalue weighted by atomic mass is 15.2. The minimum absolute atomic E-state index is 0.139. The van der Waals surface area contributed by atoms with Gasteiger partial charge in [0.05, 0.1) is 16.8 Å². The molecule has 0 radical (unpaired) electrons. The van der Waals surface area contributed by atoms with E-state index in [9.17, 15) is 0 Å². The molecule has 3 heteroatoms. The Morgan fingerprint density at radius 3 is 1.35 bits per heavy atom. The number of hydrogen-bond acceptors (Lipinski definition) is 3. The summed E-state index contributed by atoms with van der Waals surface area (Å²) in [5.74, 6) is 0. The average molecular weight is 992 g/mol. The van der Waals surface area contributed by atoms with Crippen LogP contribution in [0, 0.1) is 0 Å². The lowest BCUT2D eigenvalue weighted by molar-refractivity contribution is 0.660. The molecule has 0 fully saturated rings. The van der Waals surface area contributed by atoms with E-state index in [0.717, 1.165) is 73.5 Å². The minimum Gasteiger partial charge on any atom is -0.311 e. The summed E-state index contributed by atoms with van der Waals surface area (Å²) in [6, 6.07) is 91.2. The number of rotatable bonds is 11. The van der Waals surface area contributed by atoms with Gasteiger partial charge in [-0.15, -0.1) is 0 Å². The molecule has 0 spiro atoms. The Bertz CT molecular complexity index is 3910. The van der Waals surface area contributed by atoms with Gasteiger partial charge in [-0.05, 0) is 165 Å². The maximum absolute atomic E-state index is 5.18. The molecule has 2 aliphatic carbocycles. The fourth-order valence-corrected chi connectivity index (χ4v) is 13.1. The van der Waals surface area contributed by atoms with Crippen molar-refractivity contribution < 1.29 is 0 Å². The number of fused-ring (bicyclic) bond motifs is 8. The van der Waals surface area contributed by atoms with Crippen molar-refractivity contribution in [1.82, 2.24) is 0 Å². The molecule has 10 aromatic carbocycles. The van der Waals surface area contributed by atoms with Crippen LogP contribution in [0.25, 0.3) is 22.3 Å². The third-order valence-electron chi connectivity index (χ3n) is 16.8. The SMILES string of the molecule is C=C(/C=C\C(=C/C)N(c1ccccc1)c1ccc2c(c1)C(C)(C)c1ccccc1-2)C1(c2ccc(N(c3ccccc3)c3ccc4c(c3)C(C)(C)c3ccccc3-4)cc2)c2ccccc2N(c2ccccc2)c2ccccc21. The molecule has 0 amide bonds. The largest absolute Gasteiger partial charge is 0.311 e. The number of nitrogens with zero attached hydrogens (tertiary/aromatic N) is 3. The first-order chi connectivity index (χ1) is 37.6. The van der Waals surface area contributed by atoms with E-state index in [4.69, 9.17) is 6.58 Å². The second-order valence-corrected chi connectivity index (χ2v) is 21.7. The normalized spacial score (nSPS) is 14.9. The van der Waals surface area contributed by atoms with Crippen molar-refractivity contribution in [2.75, 3.05) is 14.7 Å². The Hall–Kier alpha value is -9.18. The maximum Gasteiger partial charge on any atom is 0.0736 e. The number of para-hydroxylation sites is 5. The highest BCUT2D eigenvalue weighted by molar-refractivity contribution is 5.91. The summed E-state index contributed by atoms with van der Waals surface area (Å²) in [7, 11) is 0. The van der Waals surface area contributed by atoms with Gasteiger partial charge in [-0.2, -0.15) is 0 Å². The predicted molar refractivity (Wildman–Crippen MR) is 324 cm³/mol. The van der Waals surface area contributed by atoms with E-state index in [1.54, 1.807) is 0 Å². The van der Waals surface area contributed by atoms with E-state index in [1.807, 2.05) is 0 Å². The first kappa shape index (κ1) is 47.5. The van der Waals surface area contributed by atoms with Crippen molar-refractivity contribution in [1.29, 1.82) is 0 Å². The quantitative estimate of drug-likeness (QED) is 0.120. The van der Waals surface area contributed by atoms with Crippen LogP contribution in [0.3, 0.4) is 0 Å². The summed E-state index contributed by atoms with van der Waals surface area (Å²) in [4.78, 5) is 7.21. The summed E-state index contributed by atoms with van der Waals surface area (Å²) in [6.07, 6.45) is 6.78. The maximum atomic E-state index is 5.18. The van der Waals surface area contributed by atoms with Gasteiger partial charge in [-0.25, -0.2) is 0 Å². The van der Waals surface area contributed by atoms with Crippen molar-refractivity contribution >= 4 is 45.5 Å². The van der Waals surface area contributed by atoms with E-state index < -0.39 is 5.41 Å². The zero-order valence-corrected chi connectivity index (χ0v) is 44.5. The molecule has 1 aliphatic heterocycles. The molecule has 0 saturated heterocycles. The fourth-order valence-electron chi connectivity index (χ4n) is 13.1. The molecule has 13 rings (SSSR count). The molecule has 0 bridgehead atoms. The molecule has 0 aromatic heterocycles. The number of benzene rings is 10. The lowest BCUT2D eigenvalue weighted by Crippen LogP contribution is -2.37. The minimum atomic E-state index is -0.811. The zero-order chi connectivity index (χ0) is 52.5. The Kier molecular flexibility index (Phi) is 11.5. The van der Waals surface area contributed by atoms with Crippen molar-refractivity contribution in [3.8, 4) is 22.3 Å². The molecular formula is C74H61N3. The van der Waals surface area contributed by atoms with E-state index in [2.05, 4.69) is 316 Å². The number of hydrogen-bond donors (Lipinski definition) is 0. The third kappa shape index (κ3) is 7.47. The smallest absolute Gasteiger partial charge is 0.0736 e. The third-order valence-corrected chi connectivity index (χ3v) is 16.8. The summed E-state index contributed by atoms with van der Waals surface area (Å²) in [5, 5.41) is 0. The second-order valence-electron chi connectivity index (χ2n) is 21.7. The average Bonchev–Trinajstić information content (AvgIpc) is 3.96. The van der Waals surface area contributed by atoms with Crippen molar-refractivity contribution in [2.45, 2.75) is 50.9 Å². The first-order valence-corrected chi connectivity index (χ1v) is 27.0. The van der Waals surface area contributed by atoms with Gasteiger partial charge in [-0.3, -0.25) is 0 Å². The summed E-state index contributed by atoms with van der Waals surface area (Å²) in [5.41, 5.74) is 23.8. The molecular weight excluding hydrogens is 931 g/mol. The van der Waals surface area contributed by atoms with Crippen molar-refractivity contribution in [3.63, 3.8) is 0 Å². The Labute approximate surface area is 454 Å². The molecule has 3 aliphatic rings. The van der Waals surface area contributed by atoms with Crippen LogP contribution < -0.4 is 14.7 Å². The first-order valence-electron chi connectivity index (χ1n) is 27.0. The molecule has 0 N–H and O–H groups in total. The summed E-state index contributed by atoms with van der Waals surface area (Å²) in [6.45, 7) is 16.7. The van der Waals surface area contributed by atoms with E-state index in [1.165, 1.54) is 44.5 Å². The highest BCUT2D eigenvalue weighted by Gasteiger charge is 2.47. The van der Waals surface area contributed by atoms with Gasteiger partial charge in [0, 0.05) is 50.7 Å². The molecule has 77 heavy (non-hydrogen) atoms. The fraction of sp³-hybridized carbons (Fsp3) is 0.108.